The maximum atomic E-state index is 9.22. The van der Waals surface area contributed by atoms with E-state index in [-0.39, 0.29) is 0 Å². The number of pyridine rings is 1. The number of nitriles is 1. The van der Waals surface area contributed by atoms with Gasteiger partial charge < -0.3 is 10.6 Å². The lowest BCUT2D eigenvalue weighted by Crippen LogP contribution is -2.24. The number of hydrogen-bond donors (Lipinski definition) is 1. The van der Waals surface area contributed by atoms with Crippen molar-refractivity contribution in [3.63, 3.8) is 0 Å². The molecule has 4 nitrogen and oxygen atoms in total. The summed E-state index contributed by atoms with van der Waals surface area (Å²) in [5.41, 5.74) is 9.11. The molecule has 1 aromatic heterocycles. The van der Waals surface area contributed by atoms with E-state index in [2.05, 4.69) is 22.9 Å². The molecule has 1 aromatic carbocycles. The van der Waals surface area contributed by atoms with Gasteiger partial charge in [0.2, 0.25) is 0 Å². The average molecular weight is 266 g/mol. The van der Waals surface area contributed by atoms with Gasteiger partial charge >= 0.3 is 0 Å². The summed E-state index contributed by atoms with van der Waals surface area (Å²) >= 11 is 0. The summed E-state index contributed by atoms with van der Waals surface area (Å²) in [6.45, 7) is 5.49. The number of rotatable bonds is 4. The molecule has 0 spiro atoms. The zero-order chi connectivity index (χ0) is 14.5. The largest absolute Gasteiger partial charge is 0.399 e. The first-order chi connectivity index (χ1) is 9.63. The highest BCUT2D eigenvalue weighted by molar-refractivity contribution is 5.54. The van der Waals surface area contributed by atoms with Crippen LogP contribution < -0.4 is 10.6 Å². The van der Waals surface area contributed by atoms with Gasteiger partial charge in [-0.3, -0.25) is 0 Å². The minimum absolute atomic E-state index is 0.605. The standard InChI is InChI=1S/C16H18N4/c1-3-20(11-13-5-8-15(18)9-6-13)16-14(10-17)7-4-12(2)19-16/h4-9H,3,11,18H2,1-2H3. The maximum absolute atomic E-state index is 9.22. The first kappa shape index (κ1) is 13.9. The van der Waals surface area contributed by atoms with Crippen LogP contribution in [0.15, 0.2) is 36.4 Å². The third-order valence-corrected chi connectivity index (χ3v) is 3.17. The van der Waals surface area contributed by atoms with E-state index in [4.69, 9.17) is 5.73 Å². The first-order valence-corrected chi connectivity index (χ1v) is 6.61. The van der Waals surface area contributed by atoms with Crippen LogP contribution in [-0.4, -0.2) is 11.5 Å². The minimum Gasteiger partial charge on any atom is -0.399 e. The molecule has 20 heavy (non-hydrogen) atoms. The van der Waals surface area contributed by atoms with Crippen LogP contribution in [0.4, 0.5) is 11.5 Å². The lowest BCUT2D eigenvalue weighted by molar-refractivity contribution is 0.809. The summed E-state index contributed by atoms with van der Waals surface area (Å²) in [6, 6.07) is 13.7. The van der Waals surface area contributed by atoms with Crippen LogP contribution in [0.25, 0.3) is 0 Å². The molecular formula is C16H18N4. The molecule has 0 amide bonds. The number of anilines is 2. The zero-order valence-corrected chi connectivity index (χ0v) is 11.8. The lowest BCUT2D eigenvalue weighted by atomic mass is 10.1. The molecule has 0 fully saturated rings. The van der Waals surface area contributed by atoms with Gasteiger partial charge in [0.15, 0.2) is 0 Å². The molecule has 0 atom stereocenters. The molecule has 0 saturated heterocycles. The Morgan fingerprint density at radius 2 is 1.90 bits per heavy atom. The number of nitrogen functional groups attached to an aromatic ring is 1. The molecule has 1 heterocycles. The van der Waals surface area contributed by atoms with Crippen LogP contribution in [0, 0.1) is 18.3 Å². The second kappa shape index (κ2) is 6.07. The molecule has 2 N–H and O–H groups in total. The van der Waals surface area contributed by atoms with Crippen LogP contribution in [0.2, 0.25) is 0 Å². The molecule has 0 unspecified atom stereocenters. The second-order valence-corrected chi connectivity index (χ2v) is 4.69. The van der Waals surface area contributed by atoms with Crippen molar-refractivity contribution in [2.45, 2.75) is 20.4 Å². The van der Waals surface area contributed by atoms with Gasteiger partial charge in [-0.25, -0.2) is 4.98 Å². The third-order valence-electron chi connectivity index (χ3n) is 3.17. The number of nitrogens with zero attached hydrogens (tertiary/aromatic N) is 3. The Hall–Kier alpha value is -2.54. The molecule has 0 saturated carbocycles. The Balaban J connectivity index is 2.31. The van der Waals surface area contributed by atoms with Crippen LogP contribution in [0.1, 0.15) is 23.7 Å². The Bertz CT molecular complexity index is 626. The molecule has 0 aliphatic carbocycles. The van der Waals surface area contributed by atoms with Gasteiger partial charge in [0, 0.05) is 24.5 Å². The van der Waals surface area contributed by atoms with Crippen molar-refractivity contribution in [1.82, 2.24) is 4.98 Å². The highest BCUT2D eigenvalue weighted by atomic mass is 15.2. The molecule has 2 rings (SSSR count). The monoisotopic (exact) mass is 266 g/mol. The average Bonchev–Trinajstić information content (AvgIpc) is 2.46. The normalized spacial score (nSPS) is 10.1. The topological polar surface area (TPSA) is 65.9 Å². The number of nitrogens with two attached hydrogens (primary N) is 1. The Morgan fingerprint density at radius 3 is 2.50 bits per heavy atom. The smallest absolute Gasteiger partial charge is 0.147 e. The van der Waals surface area contributed by atoms with Gasteiger partial charge in [-0.05, 0) is 43.7 Å². The van der Waals surface area contributed by atoms with Crippen molar-refractivity contribution in [1.29, 1.82) is 5.26 Å². The third kappa shape index (κ3) is 3.07. The van der Waals surface area contributed by atoms with E-state index < -0.39 is 0 Å². The Kier molecular flexibility index (Phi) is 4.21. The molecule has 2 aromatic rings. The number of aromatic nitrogens is 1. The van der Waals surface area contributed by atoms with E-state index in [1.54, 1.807) is 0 Å². The lowest BCUT2D eigenvalue weighted by Gasteiger charge is -2.23. The molecular weight excluding hydrogens is 248 g/mol. The second-order valence-electron chi connectivity index (χ2n) is 4.69. The van der Waals surface area contributed by atoms with Crippen molar-refractivity contribution >= 4 is 11.5 Å². The fourth-order valence-corrected chi connectivity index (χ4v) is 2.05. The number of hydrogen-bond acceptors (Lipinski definition) is 4. The summed E-state index contributed by atoms with van der Waals surface area (Å²) in [6.07, 6.45) is 0. The quantitative estimate of drug-likeness (QED) is 0.864. The van der Waals surface area contributed by atoms with Crippen molar-refractivity contribution < 1.29 is 0 Å². The van der Waals surface area contributed by atoms with Crippen LogP contribution in [0.3, 0.4) is 0 Å². The SMILES string of the molecule is CCN(Cc1ccc(N)cc1)c1nc(C)ccc1C#N. The Labute approximate surface area is 119 Å². The van der Waals surface area contributed by atoms with Gasteiger partial charge in [-0.15, -0.1) is 0 Å². The van der Waals surface area contributed by atoms with Gasteiger partial charge in [0.05, 0.1) is 5.56 Å². The summed E-state index contributed by atoms with van der Waals surface area (Å²) in [5.74, 6) is 0.742. The Morgan fingerprint density at radius 1 is 1.20 bits per heavy atom. The highest BCUT2D eigenvalue weighted by Gasteiger charge is 2.12. The summed E-state index contributed by atoms with van der Waals surface area (Å²) in [5, 5.41) is 9.22. The first-order valence-electron chi connectivity index (χ1n) is 6.61. The van der Waals surface area contributed by atoms with Crippen molar-refractivity contribution in [2.75, 3.05) is 17.2 Å². The fourth-order valence-electron chi connectivity index (χ4n) is 2.05. The molecule has 0 bridgehead atoms. The van der Waals surface area contributed by atoms with Gasteiger partial charge in [-0.2, -0.15) is 5.26 Å². The predicted octanol–water partition coefficient (Wildman–Crippen LogP) is 2.87. The van der Waals surface area contributed by atoms with E-state index in [1.165, 1.54) is 0 Å². The summed E-state index contributed by atoms with van der Waals surface area (Å²) < 4.78 is 0. The van der Waals surface area contributed by atoms with E-state index >= 15 is 0 Å². The predicted molar refractivity (Wildman–Crippen MR) is 81.3 cm³/mol. The van der Waals surface area contributed by atoms with Crippen molar-refractivity contribution in [3.05, 3.63) is 53.2 Å². The summed E-state index contributed by atoms with van der Waals surface area (Å²) in [7, 11) is 0. The highest BCUT2D eigenvalue weighted by Crippen LogP contribution is 2.20. The van der Waals surface area contributed by atoms with E-state index in [1.807, 2.05) is 43.3 Å². The van der Waals surface area contributed by atoms with Crippen LogP contribution in [-0.2, 0) is 6.54 Å². The maximum Gasteiger partial charge on any atom is 0.147 e. The van der Waals surface area contributed by atoms with Gasteiger partial charge in [-0.1, -0.05) is 12.1 Å². The molecule has 4 heteroatoms. The van der Waals surface area contributed by atoms with Gasteiger partial charge in [0.25, 0.3) is 0 Å². The van der Waals surface area contributed by atoms with E-state index in [0.717, 1.165) is 29.3 Å². The molecule has 0 radical (unpaired) electrons. The van der Waals surface area contributed by atoms with Crippen LogP contribution in [0.5, 0.6) is 0 Å². The molecule has 0 aliphatic heterocycles. The van der Waals surface area contributed by atoms with Crippen molar-refractivity contribution in [2.24, 2.45) is 0 Å². The van der Waals surface area contributed by atoms with Gasteiger partial charge in [0.1, 0.15) is 11.9 Å². The fraction of sp³-hybridized carbons (Fsp3) is 0.250. The minimum atomic E-state index is 0.605. The van der Waals surface area contributed by atoms with E-state index in [9.17, 15) is 5.26 Å². The van der Waals surface area contributed by atoms with Crippen molar-refractivity contribution in [3.8, 4) is 6.07 Å². The number of aryl methyl sites for hydroxylation is 1. The summed E-state index contributed by atoms with van der Waals surface area (Å²) in [4.78, 5) is 6.60. The molecule has 0 aliphatic rings. The zero-order valence-electron chi connectivity index (χ0n) is 11.8. The number of benzene rings is 1. The van der Waals surface area contributed by atoms with E-state index in [0.29, 0.717) is 12.1 Å². The van der Waals surface area contributed by atoms with Crippen LogP contribution >= 0.6 is 0 Å². The molecule has 102 valence electrons.